The van der Waals surface area contributed by atoms with E-state index in [4.69, 9.17) is 4.42 Å². The normalized spacial score (nSPS) is 10.2. The number of phenols is 1. The molecule has 0 bridgehead atoms. The quantitative estimate of drug-likeness (QED) is 0.495. The molecule has 0 radical (unpaired) electrons. The lowest BCUT2D eigenvalue weighted by Gasteiger charge is -2.06. The molecule has 7 nitrogen and oxygen atoms in total. The first-order valence-corrected chi connectivity index (χ1v) is 5.86. The lowest BCUT2D eigenvalue weighted by molar-refractivity contribution is -0.384. The number of non-ortho nitro benzene ring substituents is 1. The number of nitrogens with zero attached hydrogens (tertiary/aromatic N) is 1. The zero-order valence-electron chi connectivity index (χ0n) is 10.4. The predicted octanol–water partition coefficient (Wildman–Crippen LogP) is 2.46. The number of nitro groups is 1. The average molecular weight is 276 g/mol. The van der Waals surface area contributed by atoms with E-state index in [9.17, 15) is 20.0 Å². The van der Waals surface area contributed by atoms with Crippen LogP contribution in [0.1, 0.15) is 12.2 Å². The van der Waals surface area contributed by atoms with E-state index in [0.717, 1.165) is 6.07 Å². The number of carbonyl (C=O) groups excluding carboxylic acids is 1. The van der Waals surface area contributed by atoms with E-state index < -0.39 is 4.92 Å². The van der Waals surface area contributed by atoms with Gasteiger partial charge >= 0.3 is 0 Å². The predicted molar refractivity (Wildman–Crippen MR) is 70.4 cm³/mol. The topological polar surface area (TPSA) is 106 Å². The molecule has 20 heavy (non-hydrogen) atoms. The van der Waals surface area contributed by atoms with Gasteiger partial charge in [-0.2, -0.15) is 0 Å². The fourth-order valence-electron chi connectivity index (χ4n) is 1.64. The third-order valence-electron chi connectivity index (χ3n) is 2.64. The number of carbonyl (C=O) groups is 1. The zero-order valence-corrected chi connectivity index (χ0v) is 10.4. The number of benzene rings is 1. The van der Waals surface area contributed by atoms with Crippen LogP contribution >= 0.6 is 0 Å². The minimum Gasteiger partial charge on any atom is -0.506 e. The standard InChI is InChI=1S/C13H12N2O5/c16-12-8-9(15(18)19)3-5-11(12)14-13(17)6-4-10-2-1-7-20-10/h1-3,5,7-8,16H,4,6H2,(H,14,17). The lowest BCUT2D eigenvalue weighted by Crippen LogP contribution is -2.12. The molecule has 1 aromatic carbocycles. The number of phenolic OH excluding ortho intramolecular Hbond substituents is 1. The van der Waals surface area contributed by atoms with E-state index in [1.165, 1.54) is 18.4 Å². The minimum absolute atomic E-state index is 0.139. The van der Waals surface area contributed by atoms with Gasteiger partial charge in [0.2, 0.25) is 5.91 Å². The van der Waals surface area contributed by atoms with Crippen LogP contribution < -0.4 is 5.32 Å². The van der Waals surface area contributed by atoms with Crippen molar-refractivity contribution in [3.8, 4) is 5.75 Å². The van der Waals surface area contributed by atoms with Gasteiger partial charge in [-0.05, 0) is 18.2 Å². The molecule has 2 rings (SSSR count). The van der Waals surface area contributed by atoms with E-state index in [1.807, 2.05) is 0 Å². The Morgan fingerprint density at radius 1 is 1.40 bits per heavy atom. The molecule has 0 aliphatic heterocycles. The fourth-order valence-corrected chi connectivity index (χ4v) is 1.64. The van der Waals surface area contributed by atoms with Gasteiger partial charge in [-0.1, -0.05) is 0 Å². The van der Waals surface area contributed by atoms with Crippen LogP contribution in [0.2, 0.25) is 0 Å². The number of hydrogen-bond donors (Lipinski definition) is 2. The Labute approximate surface area is 114 Å². The highest BCUT2D eigenvalue weighted by molar-refractivity contribution is 5.92. The Balaban J connectivity index is 1.95. The minimum atomic E-state index is -0.623. The number of nitrogens with one attached hydrogen (secondary N) is 1. The third kappa shape index (κ3) is 3.35. The van der Waals surface area contributed by atoms with Gasteiger partial charge in [0.1, 0.15) is 11.5 Å². The van der Waals surface area contributed by atoms with Crippen molar-refractivity contribution in [2.45, 2.75) is 12.8 Å². The Hall–Kier alpha value is -2.83. The first-order valence-electron chi connectivity index (χ1n) is 5.86. The second-order valence-electron chi connectivity index (χ2n) is 4.09. The number of furan rings is 1. The van der Waals surface area contributed by atoms with Crippen molar-refractivity contribution in [3.63, 3.8) is 0 Å². The maximum atomic E-state index is 11.7. The smallest absolute Gasteiger partial charge is 0.273 e. The van der Waals surface area contributed by atoms with Crippen molar-refractivity contribution in [3.05, 3.63) is 52.5 Å². The summed E-state index contributed by atoms with van der Waals surface area (Å²) in [6, 6.07) is 6.98. The molecular weight excluding hydrogens is 264 g/mol. The molecule has 0 unspecified atom stereocenters. The van der Waals surface area contributed by atoms with Crippen molar-refractivity contribution in [1.29, 1.82) is 0 Å². The Bertz CT molecular complexity index is 622. The molecule has 2 aromatic rings. The van der Waals surface area contributed by atoms with E-state index >= 15 is 0 Å². The van der Waals surface area contributed by atoms with Crippen molar-refractivity contribution >= 4 is 17.3 Å². The molecule has 0 fully saturated rings. The van der Waals surface area contributed by atoms with Gasteiger partial charge in [0.25, 0.3) is 5.69 Å². The van der Waals surface area contributed by atoms with E-state index in [0.29, 0.717) is 12.2 Å². The molecule has 1 heterocycles. The number of aromatic hydroxyl groups is 1. The molecule has 2 N–H and O–H groups in total. The van der Waals surface area contributed by atoms with Gasteiger partial charge in [-0.15, -0.1) is 0 Å². The van der Waals surface area contributed by atoms with Crippen molar-refractivity contribution in [1.82, 2.24) is 0 Å². The summed E-state index contributed by atoms with van der Waals surface area (Å²) in [5.41, 5.74) is -0.101. The fraction of sp³-hybridized carbons (Fsp3) is 0.154. The van der Waals surface area contributed by atoms with Crippen LogP contribution in [-0.4, -0.2) is 15.9 Å². The van der Waals surface area contributed by atoms with Gasteiger partial charge in [0.15, 0.2) is 0 Å². The second-order valence-corrected chi connectivity index (χ2v) is 4.09. The molecule has 1 amide bonds. The summed E-state index contributed by atoms with van der Waals surface area (Å²) < 4.78 is 5.10. The van der Waals surface area contributed by atoms with Gasteiger partial charge in [-0.25, -0.2) is 0 Å². The summed E-state index contributed by atoms with van der Waals surface area (Å²) >= 11 is 0. The van der Waals surface area contributed by atoms with Gasteiger partial charge in [-0.3, -0.25) is 14.9 Å². The third-order valence-corrected chi connectivity index (χ3v) is 2.64. The highest BCUT2D eigenvalue weighted by atomic mass is 16.6. The summed E-state index contributed by atoms with van der Waals surface area (Å²) in [5.74, 6) is 0.0316. The molecule has 7 heteroatoms. The van der Waals surface area contributed by atoms with Crippen LogP contribution in [0.15, 0.2) is 41.0 Å². The molecular formula is C13H12N2O5. The molecule has 1 aromatic heterocycles. The Morgan fingerprint density at radius 2 is 2.20 bits per heavy atom. The van der Waals surface area contributed by atoms with Gasteiger partial charge < -0.3 is 14.8 Å². The summed E-state index contributed by atoms with van der Waals surface area (Å²) in [4.78, 5) is 21.6. The molecule has 0 saturated carbocycles. The maximum Gasteiger partial charge on any atom is 0.273 e. The Kier molecular flexibility index (Phi) is 3.99. The van der Waals surface area contributed by atoms with Crippen molar-refractivity contribution in [2.24, 2.45) is 0 Å². The molecule has 0 atom stereocenters. The molecule has 0 aliphatic carbocycles. The van der Waals surface area contributed by atoms with Crippen LogP contribution in [-0.2, 0) is 11.2 Å². The average Bonchev–Trinajstić information content (AvgIpc) is 2.91. The van der Waals surface area contributed by atoms with E-state index in [-0.39, 0.29) is 29.5 Å². The number of nitro benzene ring substituents is 1. The van der Waals surface area contributed by atoms with Crippen LogP contribution in [0, 0.1) is 10.1 Å². The molecule has 0 saturated heterocycles. The SMILES string of the molecule is O=C(CCc1ccco1)Nc1ccc([N+](=O)[O-])cc1O. The highest BCUT2D eigenvalue weighted by Crippen LogP contribution is 2.27. The highest BCUT2D eigenvalue weighted by Gasteiger charge is 2.12. The van der Waals surface area contributed by atoms with Crippen LogP contribution in [0.4, 0.5) is 11.4 Å². The number of rotatable bonds is 5. The van der Waals surface area contributed by atoms with Crippen LogP contribution in [0.5, 0.6) is 5.75 Å². The summed E-state index contributed by atoms with van der Waals surface area (Å²) in [6.07, 6.45) is 2.14. The Morgan fingerprint density at radius 3 is 2.80 bits per heavy atom. The van der Waals surface area contributed by atoms with Crippen LogP contribution in [0.25, 0.3) is 0 Å². The molecule has 104 valence electrons. The van der Waals surface area contributed by atoms with E-state index in [2.05, 4.69) is 5.32 Å². The second kappa shape index (κ2) is 5.87. The molecule has 0 aliphatic rings. The first kappa shape index (κ1) is 13.6. The summed E-state index contributed by atoms with van der Waals surface area (Å²) in [6.45, 7) is 0. The van der Waals surface area contributed by atoms with Crippen molar-refractivity contribution < 1.29 is 19.2 Å². The summed E-state index contributed by atoms with van der Waals surface area (Å²) in [5, 5.41) is 22.6. The van der Waals surface area contributed by atoms with Crippen molar-refractivity contribution in [2.75, 3.05) is 5.32 Å². The molecule has 0 spiro atoms. The first-order chi connectivity index (χ1) is 9.56. The van der Waals surface area contributed by atoms with E-state index in [1.54, 1.807) is 12.1 Å². The van der Waals surface area contributed by atoms with Crippen LogP contribution in [0.3, 0.4) is 0 Å². The van der Waals surface area contributed by atoms with Gasteiger partial charge in [0, 0.05) is 18.9 Å². The number of aryl methyl sites for hydroxylation is 1. The lowest BCUT2D eigenvalue weighted by atomic mass is 10.2. The number of amides is 1. The largest absolute Gasteiger partial charge is 0.506 e. The zero-order chi connectivity index (χ0) is 14.5. The number of anilines is 1. The maximum absolute atomic E-state index is 11.7. The monoisotopic (exact) mass is 276 g/mol. The number of hydrogen-bond acceptors (Lipinski definition) is 5. The van der Waals surface area contributed by atoms with Gasteiger partial charge in [0.05, 0.1) is 22.9 Å². The summed E-state index contributed by atoms with van der Waals surface area (Å²) in [7, 11) is 0.